The van der Waals surface area contributed by atoms with Gasteiger partial charge in [0.05, 0.1) is 0 Å². The highest BCUT2D eigenvalue weighted by Gasteiger charge is 2.27. The van der Waals surface area contributed by atoms with E-state index in [9.17, 15) is 10.2 Å². The van der Waals surface area contributed by atoms with Crippen LogP contribution in [0.1, 0.15) is 66.8 Å². The van der Waals surface area contributed by atoms with E-state index in [1.807, 2.05) is 151 Å². The maximum absolute atomic E-state index is 10.5. The number of para-hydroxylation sites is 4. The second kappa shape index (κ2) is 19.3. The average molecular weight is 969 g/mol. The fraction of sp³-hybridized carbons (Fsp3) is 0.200. The van der Waals surface area contributed by atoms with Crippen molar-refractivity contribution in [2.24, 2.45) is 0 Å². The van der Waals surface area contributed by atoms with E-state index in [0.29, 0.717) is 33.8 Å². The van der Waals surface area contributed by atoms with E-state index >= 15 is 0 Å². The van der Waals surface area contributed by atoms with Gasteiger partial charge in [0.25, 0.3) is 0 Å². The number of aryl methyl sites for hydroxylation is 8. The van der Waals surface area contributed by atoms with Crippen molar-refractivity contribution in [3.8, 4) is 45.3 Å². The van der Waals surface area contributed by atoms with Gasteiger partial charge in [-0.25, -0.2) is 0 Å². The van der Waals surface area contributed by atoms with Gasteiger partial charge < -0.3 is 36.0 Å². The van der Waals surface area contributed by atoms with Crippen LogP contribution in [0.15, 0.2) is 138 Å². The van der Waals surface area contributed by atoms with E-state index in [-0.39, 0.29) is 11.5 Å². The number of benzene rings is 8. The molecular weight excluding hydrogens is 911 g/mol. The zero-order chi connectivity index (χ0) is 49.7. The molecule has 10 rings (SSSR count). The highest BCUT2D eigenvalue weighted by Crippen LogP contribution is 2.52. The summed E-state index contributed by atoms with van der Waals surface area (Å²) in [6, 6.07) is 40.1. The quantitative estimate of drug-likeness (QED) is 0.169. The normalized spacial score (nSPS) is 11.3. The highest BCUT2D eigenvalue weighted by molar-refractivity contribution is 7.32. The van der Waals surface area contributed by atoms with Crippen LogP contribution >= 0.6 is 16.5 Å². The summed E-state index contributed by atoms with van der Waals surface area (Å²) in [4.78, 5) is 0. The van der Waals surface area contributed by atoms with Gasteiger partial charge in [0.1, 0.15) is 45.3 Å². The van der Waals surface area contributed by atoms with Crippen LogP contribution in [0.25, 0.3) is 66.1 Å². The third-order valence-electron chi connectivity index (χ3n) is 13.6. The molecule has 8 nitrogen and oxygen atoms in total. The van der Waals surface area contributed by atoms with Gasteiger partial charge in [0, 0.05) is 43.8 Å². The molecule has 0 aliphatic carbocycles. The molecule has 2 N–H and O–H groups in total. The minimum atomic E-state index is -1.89. The maximum atomic E-state index is 10.5. The van der Waals surface area contributed by atoms with Crippen molar-refractivity contribution < 1.29 is 36.0 Å². The molecule has 0 bridgehead atoms. The molecule has 0 saturated heterocycles. The SMILES string of the molecule is Cc1cc(C)c(O)c(-c2c(C)c(C)cc(C)c2O)c1C.Cc1cc(C)c(Op2oc3ccccc3c3ccccc3o2)c(-c2c(C)c(C)cc(C)c2Op2oc3ccccc3c3ccccc3o2)c1C. The molecule has 0 saturated carbocycles. The lowest BCUT2D eigenvalue weighted by atomic mass is 9.87. The van der Waals surface area contributed by atoms with E-state index in [1.54, 1.807) is 0 Å². The zero-order valence-corrected chi connectivity index (χ0v) is 43.6. The summed E-state index contributed by atoms with van der Waals surface area (Å²) in [5.41, 5.74) is 18.5. The molecule has 10 aromatic rings. The lowest BCUT2D eigenvalue weighted by molar-refractivity contribution is 0.464. The van der Waals surface area contributed by atoms with E-state index < -0.39 is 16.5 Å². The Morgan fingerprint density at radius 1 is 0.314 bits per heavy atom. The second-order valence-electron chi connectivity index (χ2n) is 18.4. The van der Waals surface area contributed by atoms with E-state index in [4.69, 9.17) is 25.8 Å². The summed E-state index contributed by atoms with van der Waals surface area (Å²) in [6.07, 6.45) is 0. The minimum absolute atomic E-state index is 0.261. The standard InChI is InChI=1S/C42H36O6P2.C18H22O2/c1-25-23-27(3)41(47-49-43-35-19-11-7-15-31(35)32-16-8-12-20-36(32)44-49)39(29(25)5)40-30(6)26(2)24-28(4)42(40)48-50-45-37-21-13-9-17-33(37)34-18-10-14-22-38(34)46-50;1-9-7-11(3)17(19)15(13(9)5)16-14(6)10(2)8-12(4)18(16)20/h7-24H,1-6H3;7-8,19-20H,1-6H3. The number of aromatic hydroxyl groups is 2. The van der Waals surface area contributed by atoms with Gasteiger partial charge in [0.15, 0.2) is 0 Å². The van der Waals surface area contributed by atoms with Crippen LogP contribution in [0.3, 0.4) is 0 Å². The molecule has 0 spiro atoms. The predicted octanol–water partition coefficient (Wildman–Crippen LogP) is 18.7. The van der Waals surface area contributed by atoms with Gasteiger partial charge in [0.2, 0.25) is 0 Å². The Bertz CT molecular complexity index is 3370. The number of hydrogen-bond acceptors (Lipinski definition) is 8. The van der Waals surface area contributed by atoms with Crippen LogP contribution < -0.4 is 9.05 Å². The van der Waals surface area contributed by atoms with Crippen LogP contribution in [0.5, 0.6) is 23.0 Å². The molecule has 8 aromatic carbocycles. The van der Waals surface area contributed by atoms with Crippen LogP contribution in [-0.2, 0) is 0 Å². The molecule has 10 heteroatoms. The van der Waals surface area contributed by atoms with Crippen molar-refractivity contribution in [2.75, 3.05) is 0 Å². The molecule has 2 heterocycles. The van der Waals surface area contributed by atoms with Gasteiger partial charge in [-0.2, -0.15) is 0 Å². The number of fused-ring (bicyclic) bond motifs is 6. The number of rotatable bonds is 6. The van der Waals surface area contributed by atoms with Crippen LogP contribution in [0, 0.1) is 83.1 Å². The van der Waals surface area contributed by atoms with Gasteiger partial charge in [-0.15, -0.1) is 0 Å². The van der Waals surface area contributed by atoms with Crippen molar-refractivity contribution in [1.82, 2.24) is 0 Å². The topological polar surface area (TPSA) is 111 Å². The van der Waals surface area contributed by atoms with E-state index in [1.165, 1.54) is 0 Å². The molecule has 0 unspecified atom stereocenters. The first-order valence-corrected chi connectivity index (χ1v) is 25.6. The first kappa shape index (κ1) is 47.8. The summed E-state index contributed by atoms with van der Waals surface area (Å²) < 4.78 is 39.9. The van der Waals surface area contributed by atoms with E-state index in [2.05, 4.69) is 53.7 Å². The molecule has 356 valence electrons. The van der Waals surface area contributed by atoms with Gasteiger partial charge >= 0.3 is 16.5 Å². The van der Waals surface area contributed by atoms with Crippen molar-refractivity contribution in [2.45, 2.75) is 83.1 Å². The molecule has 0 amide bonds. The minimum Gasteiger partial charge on any atom is -0.507 e. The Morgan fingerprint density at radius 3 is 0.843 bits per heavy atom. The predicted molar refractivity (Wildman–Crippen MR) is 289 cm³/mol. The Balaban J connectivity index is 0.000000255. The van der Waals surface area contributed by atoms with Gasteiger partial charge in [-0.3, -0.25) is 0 Å². The number of phenolic OH excluding ortho intramolecular Hbond substituents is 2. The molecule has 0 aliphatic heterocycles. The number of hydrogen-bond donors (Lipinski definition) is 2. The first-order valence-electron chi connectivity index (χ1n) is 23.4. The third kappa shape index (κ3) is 8.83. The first-order chi connectivity index (χ1) is 33.5. The third-order valence-corrected chi connectivity index (χ3v) is 15.7. The fourth-order valence-electron chi connectivity index (χ4n) is 9.38. The smallest absolute Gasteiger partial charge is 0.453 e. The monoisotopic (exact) mass is 968 g/mol. The lowest BCUT2D eigenvalue weighted by Crippen LogP contribution is -2.01. The summed E-state index contributed by atoms with van der Waals surface area (Å²) in [5.74, 6) is 1.88. The van der Waals surface area contributed by atoms with Gasteiger partial charge in [-0.05, 0) is 174 Å². The number of phenols is 2. The second-order valence-corrected chi connectivity index (χ2v) is 20.4. The van der Waals surface area contributed by atoms with Crippen molar-refractivity contribution >= 4 is 60.4 Å². The Labute approximate surface area is 411 Å². The Hall–Kier alpha value is -7.24. The van der Waals surface area contributed by atoms with Crippen molar-refractivity contribution in [1.29, 1.82) is 0 Å². The lowest BCUT2D eigenvalue weighted by Gasteiger charge is -2.22. The average Bonchev–Trinajstić information content (AvgIpc) is 3.60. The highest BCUT2D eigenvalue weighted by atomic mass is 31.1. The van der Waals surface area contributed by atoms with E-state index in [0.717, 1.165) is 111 Å². The summed E-state index contributed by atoms with van der Waals surface area (Å²) >= 11 is 0. The van der Waals surface area contributed by atoms with Crippen molar-refractivity contribution in [3.05, 3.63) is 188 Å². The largest absolute Gasteiger partial charge is 0.507 e. The molecule has 0 aliphatic rings. The Kier molecular flexibility index (Phi) is 13.2. The molecule has 0 fully saturated rings. The van der Waals surface area contributed by atoms with Crippen molar-refractivity contribution in [3.63, 3.8) is 0 Å². The van der Waals surface area contributed by atoms with Crippen LogP contribution in [0.2, 0.25) is 0 Å². The Morgan fingerprint density at radius 2 is 0.557 bits per heavy atom. The fourth-order valence-corrected chi connectivity index (χ4v) is 11.7. The molecule has 70 heavy (non-hydrogen) atoms. The van der Waals surface area contributed by atoms with Crippen LogP contribution in [-0.4, -0.2) is 10.2 Å². The maximum Gasteiger partial charge on any atom is 0.453 e. The molecule has 0 atom stereocenters. The van der Waals surface area contributed by atoms with Gasteiger partial charge in [-0.1, -0.05) is 97.1 Å². The molecule has 0 radical (unpaired) electrons. The molecule has 2 aromatic heterocycles. The van der Waals surface area contributed by atoms with Crippen LogP contribution in [0.4, 0.5) is 0 Å². The summed E-state index contributed by atoms with van der Waals surface area (Å²) in [5, 5.41) is 24.8. The summed E-state index contributed by atoms with van der Waals surface area (Å²) in [7, 11) is -3.78. The molecular formula is C60H58O8P2. The summed E-state index contributed by atoms with van der Waals surface area (Å²) in [6.45, 7) is 24.4. The zero-order valence-electron chi connectivity index (χ0n) is 41.8.